The molecular weight excluding hydrogens is 356 g/mol. The van der Waals surface area contributed by atoms with Gasteiger partial charge in [0.15, 0.2) is 5.96 Å². The molecule has 0 spiro atoms. The molecule has 1 aromatic heterocycles. The smallest absolute Gasteiger partial charge is 0.191 e. The summed E-state index contributed by atoms with van der Waals surface area (Å²) in [6.45, 7) is 7.31. The number of nitrogens with zero attached hydrogens (tertiary/aromatic N) is 2. The van der Waals surface area contributed by atoms with E-state index in [1.54, 1.807) is 11.3 Å². The lowest BCUT2D eigenvalue weighted by molar-refractivity contribution is 0.297. The van der Waals surface area contributed by atoms with Gasteiger partial charge in [0.2, 0.25) is 0 Å². The van der Waals surface area contributed by atoms with Crippen molar-refractivity contribution in [3.8, 4) is 5.75 Å². The van der Waals surface area contributed by atoms with E-state index in [4.69, 9.17) is 9.73 Å². The van der Waals surface area contributed by atoms with Gasteiger partial charge in [-0.15, -0.1) is 11.3 Å². The van der Waals surface area contributed by atoms with Crippen LogP contribution in [0.3, 0.4) is 0 Å². The lowest BCUT2D eigenvalue weighted by Gasteiger charge is -2.12. The number of rotatable bonds is 10. The van der Waals surface area contributed by atoms with Crippen LogP contribution in [0.2, 0.25) is 0 Å². The molecule has 0 amide bonds. The molecule has 1 aliphatic rings. The Morgan fingerprint density at radius 2 is 2.11 bits per heavy atom. The molecule has 1 saturated carbocycles. The first kappa shape index (κ1) is 19.7. The standard InChI is InChI=1S/C21H30N4OS/c1-3-20-25-18(15-27-20)11-12-23-21(22-4-2)24-13-17-7-5-6-8-19(17)26-14-16-9-10-16/h5-8,15-16H,3-4,9-14H2,1-2H3,(H2,22,23,24). The maximum Gasteiger partial charge on any atom is 0.191 e. The van der Waals surface area contributed by atoms with Crippen LogP contribution in [0.5, 0.6) is 5.75 Å². The lowest BCUT2D eigenvalue weighted by Crippen LogP contribution is -2.38. The van der Waals surface area contributed by atoms with E-state index in [9.17, 15) is 0 Å². The van der Waals surface area contributed by atoms with E-state index in [1.165, 1.54) is 17.8 Å². The van der Waals surface area contributed by atoms with E-state index in [0.717, 1.165) is 61.4 Å². The highest BCUT2D eigenvalue weighted by Crippen LogP contribution is 2.30. The first-order chi connectivity index (χ1) is 13.3. The fourth-order valence-corrected chi connectivity index (χ4v) is 3.49. The molecule has 0 radical (unpaired) electrons. The van der Waals surface area contributed by atoms with Gasteiger partial charge in [-0.2, -0.15) is 0 Å². The quantitative estimate of drug-likeness (QED) is 0.482. The minimum absolute atomic E-state index is 0.604. The summed E-state index contributed by atoms with van der Waals surface area (Å²) in [5.41, 5.74) is 2.28. The maximum absolute atomic E-state index is 5.99. The summed E-state index contributed by atoms with van der Waals surface area (Å²) in [5, 5.41) is 10.1. The molecule has 6 heteroatoms. The number of aryl methyl sites for hydroxylation is 1. The van der Waals surface area contributed by atoms with E-state index in [0.29, 0.717) is 6.54 Å². The predicted molar refractivity (Wildman–Crippen MR) is 113 cm³/mol. The van der Waals surface area contributed by atoms with Crippen LogP contribution in [0.4, 0.5) is 0 Å². The SMILES string of the molecule is CCNC(=NCc1ccccc1OCC1CC1)NCCc1csc(CC)n1. The zero-order chi connectivity index (χ0) is 18.9. The van der Waals surface area contributed by atoms with Crippen LogP contribution in [-0.4, -0.2) is 30.6 Å². The molecule has 27 heavy (non-hydrogen) atoms. The number of thiazole rings is 1. The molecule has 5 nitrogen and oxygen atoms in total. The van der Waals surface area contributed by atoms with E-state index in [2.05, 4.69) is 40.9 Å². The van der Waals surface area contributed by atoms with Gasteiger partial charge in [-0.05, 0) is 38.2 Å². The Morgan fingerprint density at radius 1 is 1.26 bits per heavy atom. The molecule has 0 saturated heterocycles. The molecule has 3 rings (SSSR count). The van der Waals surface area contributed by atoms with Crippen molar-refractivity contribution in [2.75, 3.05) is 19.7 Å². The second-order valence-electron chi connectivity index (χ2n) is 6.82. The fraction of sp³-hybridized carbons (Fsp3) is 0.524. The van der Waals surface area contributed by atoms with Crippen LogP contribution in [-0.2, 0) is 19.4 Å². The summed E-state index contributed by atoms with van der Waals surface area (Å²) < 4.78 is 5.99. The highest BCUT2D eigenvalue weighted by Gasteiger charge is 2.22. The number of nitrogens with one attached hydrogen (secondary N) is 2. The van der Waals surface area contributed by atoms with Crippen molar-refractivity contribution in [1.82, 2.24) is 15.6 Å². The molecule has 146 valence electrons. The second-order valence-corrected chi connectivity index (χ2v) is 7.76. The van der Waals surface area contributed by atoms with Gasteiger partial charge in [-0.25, -0.2) is 9.98 Å². The van der Waals surface area contributed by atoms with E-state index >= 15 is 0 Å². The maximum atomic E-state index is 5.99. The largest absolute Gasteiger partial charge is 0.493 e. The van der Waals surface area contributed by atoms with Gasteiger partial charge >= 0.3 is 0 Å². The van der Waals surface area contributed by atoms with Crippen molar-refractivity contribution in [3.05, 3.63) is 45.9 Å². The van der Waals surface area contributed by atoms with Gasteiger partial charge in [0.1, 0.15) is 5.75 Å². The molecule has 2 aromatic rings. The topological polar surface area (TPSA) is 58.5 Å². The Labute approximate surface area is 166 Å². The average Bonchev–Trinajstić information content (AvgIpc) is 3.41. The monoisotopic (exact) mass is 386 g/mol. The Bertz CT molecular complexity index is 739. The van der Waals surface area contributed by atoms with Crippen LogP contribution < -0.4 is 15.4 Å². The van der Waals surface area contributed by atoms with Crippen molar-refractivity contribution in [1.29, 1.82) is 0 Å². The highest BCUT2D eigenvalue weighted by molar-refractivity contribution is 7.09. The molecule has 0 unspecified atom stereocenters. The third-order valence-electron chi connectivity index (χ3n) is 4.47. The number of aliphatic imine (C=N–C) groups is 1. The highest BCUT2D eigenvalue weighted by atomic mass is 32.1. The normalized spacial score (nSPS) is 14.2. The first-order valence-corrected chi connectivity index (χ1v) is 10.8. The number of aromatic nitrogens is 1. The van der Waals surface area contributed by atoms with Crippen molar-refractivity contribution < 1.29 is 4.74 Å². The number of para-hydroxylation sites is 1. The summed E-state index contributed by atoms with van der Waals surface area (Å²) in [4.78, 5) is 9.35. The van der Waals surface area contributed by atoms with Crippen molar-refractivity contribution in [3.63, 3.8) is 0 Å². The van der Waals surface area contributed by atoms with Crippen molar-refractivity contribution in [2.24, 2.45) is 10.9 Å². The Balaban J connectivity index is 1.53. The molecular formula is C21H30N4OS. The predicted octanol–water partition coefficient (Wildman–Crippen LogP) is 3.79. The fourth-order valence-electron chi connectivity index (χ4n) is 2.71. The van der Waals surface area contributed by atoms with Crippen LogP contribution >= 0.6 is 11.3 Å². The van der Waals surface area contributed by atoms with Crippen LogP contribution in [0.25, 0.3) is 0 Å². The van der Waals surface area contributed by atoms with Gasteiger partial charge in [0.05, 0.1) is 23.9 Å². The van der Waals surface area contributed by atoms with Crippen LogP contribution in [0, 0.1) is 5.92 Å². The van der Waals surface area contributed by atoms with Crippen molar-refractivity contribution >= 4 is 17.3 Å². The third-order valence-corrected chi connectivity index (χ3v) is 5.51. The van der Waals surface area contributed by atoms with Crippen LogP contribution in [0.15, 0.2) is 34.6 Å². The summed E-state index contributed by atoms with van der Waals surface area (Å²) in [6.07, 6.45) is 4.51. The zero-order valence-corrected chi connectivity index (χ0v) is 17.1. The molecule has 1 aromatic carbocycles. The molecule has 1 fully saturated rings. The minimum atomic E-state index is 0.604. The molecule has 0 aliphatic heterocycles. The number of hydrogen-bond donors (Lipinski definition) is 2. The summed E-state index contributed by atoms with van der Waals surface area (Å²) in [7, 11) is 0. The van der Waals surface area contributed by atoms with E-state index in [1.807, 2.05) is 18.2 Å². The number of guanidine groups is 1. The van der Waals surface area contributed by atoms with Crippen molar-refractivity contribution in [2.45, 2.75) is 46.1 Å². The number of hydrogen-bond acceptors (Lipinski definition) is 4. The molecule has 1 heterocycles. The second kappa shape index (κ2) is 10.3. The Kier molecular flexibility index (Phi) is 7.51. The third kappa shape index (κ3) is 6.54. The summed E-state index contributed by atoms with van der Waals surface area (Å²) in [5.74, 6) is 2.54. The summed E-state index contributed by atoms with van der Waals surface area (Å²) in [6, 6.07) is 8.21. The van der Waals surface area contributed by atoms with Gasteiger partial charge in [0, 0.05) is 30.5 Å². The van der Waals surface area contributed by atoms with E-state index < -0.39 is 0 Å². The number of benzene rings is 1. The Hall–Kier alpha value is -2.08. The van der Waals surface area contributed by atoms with Gasteiger partial charge in [0.25, 0.3) is 0 Å². The minimum Gasteiger partial charge on any atom is -0.493 e. The van der Waals surface area contributed by atoms with Gasteiger partial charge in [-0.3, -0.25) is 0 Å². The first-order valence-electron chi connectivity index (χ1n) is 9.94. The Morgan fingerprint density at radius 3 is 2.85 bits per heavy atom. The summed E-state index contributed by atoms with van der Waals surface area (Å²) >= 11 is 1.74. The molecule has 0 bridgehead atoms. The van der Waals surface area contributed by atoms with Crippen LogP contribution in [0.1, 0.15) is 43.0 Å². The van der Waals surface area contributed by atoms with E-state index in [-0.39, 0.29) is 0 Å². The molecule has 1 aliphatic carbocycles. The zero-order valence-electron chi connectivity index (χ0n) is 16.3. The van der Waals surface area contributed by atoms with Gasteiger partial charge < -0.3 is 15.4 Å². The number of ether oxygens (including phenoxy) is 1. The molecule has 0 atom stereocenters. The molecule has 2 N–H and O–H groups in total. The average molecular weight is 387 g/mol. The lowest BCUT2D eigenvalue weighted by atomic mass is 10.2. The van der Waals surface area contributed by atoms with Gasteiger partial charge in [-0.1, -0.05) is 25.1 Å².